The monoisotopic (exact) mass is 230 g/mol. The van der Waals surface area contributed by atoms with Crippen LogP contribution in [0.15, 0.2) is 30.3 Å². The van der Waals surface area contributed by atoms with Crippen molar-refractivity contribution in [3.63, 3.8) is 0 Å². The summed E-state index contributed by atoms with van der Waals surface area (Å²) < 4.78 is 10.6. The highest BCUT2D eigenvalue weighted by atomic mass is 16.6. The molecule has 1 unspecified atom stereocenters. The lowest BCUT2D eigenvalue weighted by atomic mass is 10.2. The minimum absolute atomic E-state index is 0.428. The molecular weight excluding hydrogens is 212 g/mol. The Hall–Kier alpha value is -1.30. The Morgan fingerprint density at radius 2 is 2.06 bits per heavy atom. The van der Waals surface area contributed by atoms with Crippen molar-refractivity contribution in [2.24, 2.45) is 0 Å². The van der Waals surface area contributed by atoms with Crippen LogP contribution in [0.3, 0.4) is 0 Å². The van der Waals surface area contributed by atoms with Crippen molar-refractivity contribution in [3.8, 4) is 11.8 Å². The molecule has 2 heteroatoms. The van der Waals surface area contributed by atoms with Crippen LogP contribution in [0.1, 0.15) is 24.8 Å². The summed E-state index contributed by atoms with van der Waals surface area (Å²) in [5.41, 5.74) is 1.23. The molecule has 1 saturated heterocycles. The first-order valence-electron chi connectivity index (χ1n) is 6.14. The van der Waals surface area contributed by atoms with Crippen LogP contribution in [0, 0.1) is 11.8 Å². The summed E-state index contributed by atoms with van der Waals surface area (Å²) in [6, 6.07) is 10.2. The predicted octanol–water partition coefficient (Wildman–Crippen LogP) is 2.78. The Morgan fingerprint density at radius 1 is 1.24 bits per heavy atom. The van der Waals surface area contributed by atoms with Crippen molar-refractivity contribution < 1.29 is 9.47 Å². The first-order chi connectivity index (χ1) is 8.45. The van der Waals surface area contributed by atoms with Gasteiger partial charge in [-0.1, -0.05) is 30.3 Å². The van der Waals surface area contributed by atoms with Crippen LogP contribution in [-0.2, 0) is 16.1 Å². The second-order valence-electron chi connectivity index (χ2n) is 4.15. The van der Waals surface area contributed by atoms with Gasteiger partial charge in [0, 0.05) is 19.4 Å². The van der Waals surface area contributed by atoms with E-state index in [0.717, 1.165) is 32.5 Å². The summed E-state index contributed by atoms with van der Waals surface area (Å²) in [6.45, 7) is 2.38. The van der Waals surface area contributed by atoms with E-state index in [1.807, 2.05) is 18.2 Å². The summed E-state index contributed by atoms with van der Waals surface area (Å²) in [6.07, 6.45) is 3.24. The molecule has 0 amide bonds. The van der Waals surface area contributed by atoms with Crippen LogP contribution < -0.4 is 0 Å². The van der Waals surface area contributed by atoms with Gasteiger partial charge in [0.1, 0.15) is 0 Å². The van der Waals surface area contributed by atoms with Crippen molar-refractivity contribution in [2.45, 2.75) is 32.0 Å². The molecule has 1 aliphatic heterocycles. The highest BCUT2D eigenvalue weighted by Crippen LogP contribution is 2.11. The number of unbranched alkanes of at least 4 members (excludes halogenated alkanes) is 1. The van der Waals surface area contributed by atoms with Crippen molar-refractivity contribution in [1.29, 1.82) is 0 Å². The molecule has 0 radical (unpaired) electrons. The molecule has 1 heterocycles. The molecule has 0 saturated carbocycles. The Labute approximate surface area is 103 Å². The third-order valence-electron chi connectivity index (χ3n) is 2.56. The van der Waals surface area contributed by atoms with E-state index in [0.29, 0.717) is 12.7 Å². The molecule has 90 valence electrons. The summed E-state index contributed by atoms with van der Waals surface area (Å²) in [5.74, 6) is 6.27. The first-order valence-corrected chi connectivity index (χ1v) is 6.14. The van der Waals surface area contributed by atoms with Crippen molar-refractivity contribution >= 4 is 0 Å². The van der Waals surface area contributed by atoms with Crippen molar-refractivity contribution in [3.05, 3.63) is 35.9 Å². The van der Waals surface area contributed by atoms with E-state index in [1.165, 1.54) is 5.56 Å². The Morgan fingerprint density at radius 3 is 2.82 bits per heavy atom. The highest BCUT2D eigenvalue weighted by Gasteiger charge is 2.20. The fourth-order valence-corrected chi connectivity index (χ4v) is 1.49. The SMILES string of the molecule is C(#CCC1CO1)CCCOCc1ccccc1. The maximum atomic E-state index is 5.57. The lowest BCUT2D eigenvalue weighted by Crippen LogP contribution is -1.94. The third-order valence-corrected chi connectivity index (χ3v) is 2.56. The lowest BCUT2D eigenvalue weighted by Gasteiger charge is -2.02. The highest BCUT2D eigenvalue weighted by molar-refractivity contribution is 5.13. The molecule has 0 bridgehead atoms. The quantitative estimate of drug-likeness (QED) is 0.426. The van der Waals surface area contributed by atoms with E-state index in [-0.39, 0.29) is 0 Å². The average molecular weight is 230 g/mol. The van der Waals surface area contributed by atoms with Crippen molar-refractivity contribution in [2.75, 3.05) is 13.2 Å². The Kier molecular flexibility index (Phi) is 5.09. The third kappa shape index (κ3) is 5.53. The van der Waals surface area contributed by atoms with Crippen LogP contribution in [0.25, 0.3) is 0 Å². The van der Waals surface area contributed by atoms with Crippen LogP contribution in [0.5, 0.6) is 0 Å². The average Bonchev–Trinajstić information content (AvgIpc) is 3.18. The number of epoxide rings is 1. The standard InChI is InChI=1S/C15H18O2/c1(6-10-15-13-17-15)2-7-11-16-12-14-8-4-3-5-9-14/h3-5,8-9,15H,2,7,10-13H2. The smallest absolute Gasteiger partial charge is 0.0918 e. The molecule has 1 aliphatic rings. The molecule has 1 aromatic carbocycles. The zero-order valence-electron chi connectivity index (χ0n) is 10.0. The lowest BCUT2D eigenvalue weighted by molar-refractivity contribution is 0.119. The van der Waals surface area contributed by atoms with Gasteiger partial charge in [0.15, 0.2) is 0 Å². The van der Waals surface area contributed by atoms with Gasteiger partial charge in [-0.05, 0) is 12.0 Å². The Bertz CT molecular complexity index is 371. The van der Waals surface area contributed by atoms with Gasteiger partial charge in [-0.3, -0.25) is 0 Å². The molecule has 0 aromatic heterocycles. The van der Waals surface area contributed by atoms with Gasteiger partial charge in [-0.25, -0.2) is 0 Å². The summed E-state index contributed by atoms with van der Waals surface area (Å²) in [7, 11) is 0. The largest absolute Gasteiger partial charge is 0.377 e. The van der Waals surface area contributed by atoms with Gasteiger partial charge in [0.05, 0.1) is 19.3 Å². The zero-order valence-corrected chi connectivity index (χ0v) is 10.0. The number of benzene rings is 1. The molecule has 2 nitrogen and oxygen atoms in total. The van der Waals surface area contributed by atoms with Crippen LogP contribution in [0.2, 0.25) is 0 Å². The van der Waals surface area contributed by atoms with Crippen LogP contribution >= 0.6 is 0 Å². The van der Waals surface area contributed by atoms with Gasteiger partial charge >= 0.3 is 0 Å². The van der Waals surface area contributed by atoms with E-state index in [2.05, 4.69) is 24.0 Å². The van der Waals surface area contributed by atoms with Gasteiger partial charge in [-0.2, -0.15) is 0 Å². The molecule has 0 spiro atoms. The number of hydrogen-bond donors (Lipinski definition) is 0. The zero-order chi connectivity index (χ0) is 11.8. The van der Waals surface area contributed by atoms with E-state index in [9.17, 15) is 0 Å². The van der Waals surface area contributed by atoms with Crippen LogP contribution in [-0.4, -0.2) is 19.3 Å². The van der Waals surface area contributed by atoms with E-state index < -0.39 is 0 Å². The summed E-state index contributed by atoms with van der Waals surface area (Å²) in [4.78, 5) is 0. The molecule has 1 fully saturated rings. The molecular formula is C15H18O2. The van der Waals surface area contributed by atoms with Gasteiger partial charge in [-0.15, -0.1) is 11.8 Å². The minimum atomic E-state index is 0.428. The first kappa shape index (κ1) is 12.2. The molecule has 1 atom stereocenters. The van der Waals surface area contributed by atoms with Gasteiger partial charge in [0.2, 0.25) is 0 Å². The van der Waals surface area contributed by atoms with E-state index in [4.69, 9.17) is 9.47 Å². The predicted molar refractivity (Wildman–Crippen MR) is 67.5 cm³/mol. The molecule has 17 heavy (non-hydrogen) atoms. The van der Waals surface area contributed by atoms with E-state index >= 15 is 0 Å². The van der Waals surface area contributed by atoms with Crippen molar-refractivity contribution in [1.82, 2.24) is 0 Å². The maximum Gasteiger partial charge on any atom is 0.0918 e. The molecule has 0 N–H and O–H groups in total. The number of hydrogen-bond acceptors (Lipinski definition) is 2. The fraction of sp³-hybridized carbons (Fsp3) is 0.467. The molecule has 2 rings (SSSR count). The summed E-state index contributed by atoms with van der Waals surface area (Å²) >= 11 is 0. The normalized spacial score (nSPS) is 17.3. The fourth-order valence-electron chi connectivity index (χ4n) is 1.49. The number of ether oxygens (including phenoxy) is 2. The second-order valence-corrected chi connectivity index (χ2v) is 4.15. The molecule has 0 aliphatic carbocycles. The maximum absolute atomic E-state index is 5.57. The summed E-state index contributed by atoms with van der Waals surface area (Å²) in [5, 5.41) is 0. The van der Waals surface area contributed by atoms with E-state index in [1.54, 1.807) is 0 Å². The number of rotatable bonds is 6. The topological polar surface area (TPSA) is 21.8 Å². The van der Waals surface area contributed by atoms with Gasteiger partial charge < -0.3 is 9.47 Å². The minimum Gasteiger partial charge on any atom is -0.377 e. The second kappa shape index (κ2) is 7.11. The van der Waals surface area contributed by atoms with Crippen LogP contribution in [0.4, 0.5) is 0 Å². The molecule has 1 aromatic rings. The van der Waals surface area contributed by atoms with Gasteiger partial charge in [0.25, 0.3) is 0 Å². The Balaban J connectivity index is 1.46.